The van der Waals surface area contributed by atoms with E-state index in [4.69, 9.17) is 5.73 Å². The van der Waals surface area contributed by atoms with Crippen LogP contribution in [-0.4, -0.2) is 5.11 Å². The molecule has 1 fully saturated rings. The van der Waals surface area contributed by atoms with Crippen LogP contribution in [0.3, 0.4) is 0 Å². The number of hydrogen-bond acceptors (Lipinski definition) is 2. The summed E-state index contributed by atoms with van der Waals surface area (Å²) in [5.74, 6) is 0.898. The molecule has 2 rings (SSSR count). The molecule has 0 amide bonds. The Morgan fingerprint density at radius 2 is 1.86 bits per heavy atom. The van der Waals surface area contributed by atoms with Gasteiger partial charge in [-0.1, -0.05) is 31.0 Å². The van der Waals surface area contributed by atoms with Gasteiger partial charge in [0.2, 0.25) is 0 Å². The first-order valence-electron chi connectivity index (χ1n) is 5.32. The second-order valence-corrected chi connectivity index (χ2v) is 4.13. The van der Waals surface area contributed by atoms with E-state index < -0.39 is 0 Å². The van der Waals surface area contributed by atoms with Gasteiger partial charge in [-0.15, -0.1) is 0 Å². The van der Waals surface area contributed by atoms with Crippen LogP contribution in [-0.2, 0) is 0 Å². The van der Waals surface area contributed by atoms with E-state index in [0.717, 1.165) is 5.56 Å². The van der Waals surface area contributed by atoms with Crippen LogP contribution in [0.5, 0.6) is 5.75 Å². The fourth-order valence-electron chi connectivity index (χ4n) is 2.34. The molecule has 2 heteroatoms. The number of phenols is 1. The van der Waals surface area contributed by atoms with Gasteiger partial charge in [-0.25, -0.2) is 0 Å². The molecular weight excluding hydrogens is 174 g/mol. The molecule has 1 unspecified atom stereocenters. The van der Waals surface area contributed by atoms with Crippen LogP contribution in [0.2, 0.25) is 0 Å². The normalized spacial score (nSPS) is 19.8. The summed E-state index contributed by atoms with van der Waals surface area (Å²) in [4.78, 5) is 0. The van der Waals surface area contributed by atoms with Gasteiger partial charge in [-0.05, 0) is 24.8 Å². The molecule has 1 aliphatic rings. The second-order valence-electron chi connectivity index (χ2n) is 4.13. The molecule has 1 aliphatic carbocycles. The molecule has 14 heavy (non-hydrogen) atoms. The van der Waals surface area contributed by atoms with Crippen LogP contribution < -0.4 is 5.73 Å². The van der Waals surface area contributed by atoms with Gasteiger partial charge in [0.25, 0.3) is 0 Å². The SMILES string of the molecule is NC(c1ccccc1O)C1CCCC1. The molecule has 1 aromatic rings. The third kappa shape index (κ3) is 1.75. The number of hydrogen-bond donors (Lipinski definition) is 2. The van der Waals surface area contributed by atoms with Crippen LogP contribution >= 0.6 is 0 Å². The molecular formula is C12H17NO. The minimum Gasteiger partial charge on any atom is -0.508 e. The van der Waals surface area contributed by atoms with Crippen molar-refractivity contribution in [2.24, 2.45) is 11.7 Å². The number of benzene rings is 1. The quantitative estimate of drug-likeness (QED) is 0.754. The number of para-hydroxylation sites is 1. The Labute approximate surface area is 84.7 Å². The summed E-state index contributed by atoms with van der Waals surface area (Å²) in [7, 11) is 0. The number of rotatable bonds is 2. The maximum atomic E-state index is 9.66. The Morgan fingerprint density at radius 3 is 2.50 bits per heavy atom. The Kier molecular flexibility index (Phi) is 2.73. The van der Waals surface area contributed by atoms with Gasteiger partial charge < -0.3 is 10.8 Å². The number of nitrogens with two attached hydrogens (primary N) is 1. The van der Waals surface area contributed by atoms with Crippen molar-refractivity contribution >= 4 is 0 Å². The zero-order valence-electron chi connectivity index (χ0n) is 8.32. The van der Waals surface area contributed by atoms with E-state index >= 15 is 0 Å². The van der Waals surface area contributed by atoms with E-state index in [9.17, 15) is 5.11 Å². The monoisotopic (exact) mass is 191 g/mol. The summed E-state index contributed by atoms with van der Waals surface area (Å²) in [5, 5.41) is 9.66. The van der Waals surface area contributed by atoms with Gasteiger partial charge in [0.1, 0.15) is 5.75 Å². The maximum absolute atomic E-state index is 9.66. The molecule has 1 saturated carbocycles. The van der Waals surface area contributed by atoms with Gasteiger partial charge in [0, 0.05) is 11.6 Å². The molecule has 1 aromatic carbocycles. The molecule has 1 atom stereocenters. The minimum absolute atomic E-state index is 0.0127. The van der Waals surface area contributed by atoms with Gasteiger partial charge >= 0.3 is 0 Å². The highest BCUT2D eigenvalue weighted by atomic mass is 16.3. The maximum Gasteiger partial charge on any atom is 0.120 e. The van der Waals surface area contributed by atoms with Crippen LogP contribution in [0.4, 0.5) is 0 Å². The van der Waals surface area contributed by atoms with E-state index in [1.54, 1.807) is 6.07 Å². The lowest BCUT2D eigenvalue weighted by molar-refractivity contribution is 0.412. The average Bonchev–Trinajstić information content (AvgIpc) is 2.70. The van der Waals surface area contributed by atoms with Crippen LogP contribution in [0.15, 0.2) is 24.3 Å². The first-order chi connectivity index (χ1) is 6.79. The molecule has 76 valence electrons. The van der Waals surface area contributed by atoms with E-state index in [0.29, 0.717) is 11.7 Å². The summed E-state index contributed by atoms with van der Waals surface area (Å²) in [6, 6.07) is 7.42. The second kappa shape index (κ2) is 4.01. The standard InChI is InChI=1S/C12H17NO/c13-12(9-5-1-2-6-9)10-7-3-4-8-11(10)14/h3-4,7-9,12,14H,1-2,5-6,13H2. The number of aromatic hydroxyl groups is 1. The molecule has 0 aliphatic heterocycles. The van der Waals surface area contributed by atoms with Crippen molar-refractivity contribution in [3.05, 3.63) is 29.8 Å². The number of phenolic OH excluding ortho intramolecular Hbond substituents is 1. The third-order valence-electron chi connectivity index (χ3n) is 3.20. The molecule has 0 saturated heterocycles. The molecule has 0 bridgehead atoms. The average molecular weight is 191 g/mol. The molecule has 0 radical (unpaired) electrons. The van der Waals surface area contributed by atoms with Crippen molar-refractivity contribution in [1.29, 1.82) is 0 Å². The Hall–Kier alpha value is -1.02. The van der Waals surface area contributed by atoms with Crippen LogP contribution in [0.25, 0.3) is 0 Å². The highest BCUT2D eigenvalue weighted by Gasteiger charge is 2.24. The van der Waals surface area contributed by atoms with Gasteiger partial charge in [-0.2, -0.15) is 0 Å². The fourth-order valence-corrected chi connectivity index (χ4v) is 2.34. The first kappa shape index (κ1) is 9.53. The van der Waals surface area contributed by atoms with Crippen LogP contribution in [0, 0.1) is 5.92 Å². The van der Waals surface area contributed by atoms with Crippen LogP contribution in [0.1, 0.15) is 37.3 Å². The van der Waals surface area contributed by atoms with Gasteiger partial charge in [-0.3, -0.25) is 0 Å². The third-order valence-corrected chi connectivity index (χ3v) is 3.20. The lowest BCUT2D eigenvalue weighted by Gasteiger charge is -2.19. The van der Waals surface area contributed by atoms with E-state index in [2.05, 4.69) is 0 Å². The van der Waals surface area contributed by atoms with Crippen molar-refractivity contribution in [3.8, 4) is 5.75 Å². The highest BCUT2D eigenvalue weighted by molar-refractivity contribution is 5.34. The van der Waals surface area contributed by atoms with Crippen molar-refractivity contribution in [2.45, 2.75) is 31.7 Å². The molecule has 2 nitrogen and oxygen atoms in total. The van der Waals surface area contributed by atoms with E-state index in [-0.39, 0.29) is 6.04 Å². The molecule has 0 aromatic heterocycles. The summed E-state index contributed by atoms with van der Waals surface area (Å²) >= 11 is 0. The van der Waals surface area contributed by atoms with E-state index in [1.165, 1.54) is 25.7 Å². The smallest absolute Gasteiger partial charge is 0.120 e. The van der Waals surface area contributed by atoms with Crippen molar-refractivity contribution in [1.82, 2.24) is 0 Å². The van der Waals surface area contributed by atoms with Crippen molar-refractivity contribution in [3.63, 3.8) is 0 Å². The van der Waals surface area contributed by atoms with Crippen molar-refractivity contribution in [2.75, 3.05) is 0 Å². The fraction of sp³-hybridized carbons (Fsp3) is 0.500. The molecule has 0 spiro atoms. The topological polar surface area (TPSA) is 46.2 Å². The summed E-state index contributed by atoms with van der Waals surface area (Å²) < 4.78 is 0. The Morgan fingerprint density at radius 1 is 1.21 bits per heavy atom. The van der Waals surface area contributed by atoms with E-state index in [1.807, 2.05) is 18.2 Å². The van der Waals surface area contributed by atoms with Crippen molar-refractivity contribution < 1.29 is 5.11 Å². The zero-order valence-corrected chi connectivity index (χ0v) is 8.32. The largest absolute Gasteiger partial charge is 0.508 e. The predicted octanol–water partition coefficient (Wildman–Crippen LogP) is 2.58. The highest BCUT2D eigenvalue weighted by Crippen LogP contribution is 2.36. The molecule has 0 heterocycles. The summed E-state index contributed by atoms with van der Waals surface area (Å²) in [6.07, 6.45) is 4.98. The van der Waals surface area contributed by atoms with Gasteiger partial charge in [0.15, 0.2) is 0 Å². The Bertz CT molecular complexity index is 305. The predicted molar refractivity (Wildman–Crippen MR) is 57.0 cm³/mol. The summed E-state index contributed by atoms with van der Waals surface area (Å²) in [6.45, 7) is 0. The summed E-state index contributed by atoms with van der Waals surface area (Å²) in [5.41, 5.74) is 7.04. The molecule has 3 N–H and O–H groups in total. The Balaban J connectivity index is 2.17. The lowest BCUT2D eigenvalue weighted by atomic mass is 9.92. The lowest BCUT2D eigenvalue weighted by Crippen LogP contribution is -2.19. The first-order valence-corrected chi connectivity index (χ1v) is 5.32. The minimum atomic E-state index is 0.0127. The van der Waals surface area contributed by atoms with Gasteiger partial charge in [0.05, 0.1) is 0 Å². The zero-order chi connectivity index (χ0) is 9.97.